The molecule has 0 radical (unpaired) electrons. The minimum atomic E-state index is -0.448. The SMILES string of the molecule is CCNc1nc(OC)nc(-n2cc(C(=O)OCC)cn2)n1. The summed E-state index contributed by atoms with van der Waals surface area (Å²) in [4.78, 5) is 23.9. The van der Waals surface area contributed by atoms with E-state index in [0.717, 1.165) is 0 Å². The Kier molecular flexibility index (Phi) is 4.64. The van der Waals surface area contributed by atoms with Gasteiger partial charge in [-0.15, -0.1) is 0 Å². The zero-order chi connectivity index (χ0) is 15.2. The molecule has 9 nitrogen and oxygen atoms in total. The van der Waals surface area contributed by atoms with Gasteiger partial charge in [0.25, 0.3) is 5.95 Å². The van der Waals surface area contributed by atoms with Crippen LogP contribution in [0.25, 0.3) is 5.95 Å². The standard InChI is InChI=1S/C12H16N6O3/c1-4-13-10-15-11(17-12(16-10)20-3)18-7-8(6-14-18)9(19)21-5-2/h6-7H,4-5H2,1-3H3,(H,13,15,16,17). The van der Waals surface area contributed by atoms with Crippen LogP contribution in [0.4, 0.5) is 5.95 Å². The Hall–Kier alpha value is -2.71. The Balaban J connectivity index is 2.32. The Labute approximate surface area is 121 Å². The summed E-state index contributed by atoms with van der Waals surface area (Å²) in [6.07, 6.45) is 2.88. The number of nitrogens with zero attached hydrogens (tertiary/aromatic N) is 5. The van der Waals surface area contributed by atoms with Gasteiger partial charge in [0.1, 0.15) is 0 Å². The van der Waals surface area contributed by atoms with E-state index in [9.17, 15) is 4.79 Å². The molecule has 112 valence electrons. The fraction of sp³-hybridized carbons (Fsp3) is 0.417. The molecular formula is C12H16N6O3. The molecule has 0 saturated carbocycles. The number of ether oxygens (including phenoxy) is 2. The predicted octanol–water partition coefficient (Wildman–Crippen LogP) is 0.674. The first-order valence-corrected chi connectivity index (χ1v) is 6.44. The van der Waals surface area contributed by atoms with Crippen molar-refractivity contribution in [1.29, 1.82) is 0 Å². The lowest BCUT2D eigenvalue weighted by atomic mass is 10.4. The van der Waals surface area contributed by atoms with E-state index in [1.54, 1.807) is 6.92 Å². The van der Waals surface area contributed by atoms with E-state index in [0.29, 0.717) is 24.7 Å². The summed E-state index contributed by atoms with van der Waals surface area (Å²) in [5.74, 6) is 0.164. The molecule has 0 spiro atoms. The highest BCUT2D eigenvalue weighted by atomic mass is 16.5. The van der Waals surface area contributed by atoms with E-state index in [2.05, 4.69) is 25.4 Å². The normalized spacial score (nSPS) is 10.2. The first-order chi connectivity index (χ1) is 10.2. The van der Waals surface area contributed by atoms with Crippen molar-refractivity contribution in [3.8, 4) is 12.0 Å². The smallest absolute Gasteiger partial charge is 0.341 e. The summed E-state index contributed by atoms with van der Waals surface area (Å²) in [5, 5.41) is 7.01. The molecule has 21 heavy (non-hydrogen) atoms. The molecule has 0 aliphatic heterocycles. The van der Waals surface area contributed by atoms with E-state index in [-0.39, 0.29) is 12.0 Å². The topological polar surface area (TPSA) is 104 Å². The number of hydrogen-bond acceptors (Lipinski definition) is 8. The third-order valence-electron chi connectivity index (χ3n) is 2.42. The monoisotopic (exact) mass is 292 g/mol. The Morgan fingerprint density at radius 1 is 1.33 bits per heavy atom. The van der Waals surface area contributed by atoms with Gasteiger partial charge in [-0.05, 0) is 13.8 Å². The minimum Gasteiger partial charge on any atom is -0.467 e. The lowest BCUT2D eigenvalue weighted by Crippen LogP contribution is -2.10. The molecule has 0 aliphatic rings. The maximum atomic E-state index is 11.6. The summed E-state index contributed by atoms with van der Waals surface area (Å²) < 4.78 is 11.3. The summed E-state index contributed by atoms with van der Waals surface area (Å²) >= 11 is 0. The number of rotatable bonds is 6. The van der Waals surface area contributed by atoms with Gasteiger partial charge in [0.05, 0.1) is 25.5 Å². The highest BCUT2D eigenvalue weighted by Crippen LogP contribution is 2.11. The maximum absolute atomic E-state index is 11.6. The zero-order valence-electron chi connectivity index (χ0n) is 12.0. The second-order valence-electron chi connectivity index (χ2n) is 3.87. The fourth-order valence-corrected chi connectivity index (χ4v) is 1.53. The largest absolute Gasteiger partial charge is 0.467 e. The number of hydrogen-bond donors (Lipinski definition) is 1. The van der Waals surface area contributed by atoms with Gasteiger partial charge < -0.3 is 14.8 Å². The van der Waals surface area contributed by atoms with Crippen LogP contribution in [-0.4, -0.2) is 51.0 Å². The van der Waals surface area contributed by atoms with Crippen LogP contribution in [-0.2, 0) is 4.74 Å². The van der Waals surface area contributed by atoms with Gasteiger partial charge >= 0.3 is 12.0 Å². The van der Waals surface area contributed by atoms with Gasteiger partial charge in [0.2, 0.25) is 5.95 Å². The van der Waals surface area contributed by atoms with Gasteiger partial charge in [-0.1, -0.05) is 0 Å². The van der Waals surface area contributed by atoms with Crippen molar-refractivity contribution >= 4 is 11.9 Å². The average molecular weight is 292 g/mol. The summed E-state index contributed by atoms with van der Waals surface area (Å²) in [7, 11) is 1.46. The van der Waals surface area contributed by atoms with Crippen molar-refractivity contribution in [2.75, 3.05) is 25.6 Å². The number of carbonyl (C=O) groups excluding carboxylic acids is 1. The number of methoxy groups -OCH3 is 1. The second kappa shape index (κ2) is 6.64. The van der Waals surface area contributed by atoms with Crippen molar-refractivity contribution in [2.24, 2.45) is 0 Å². The molecule has 0 atom stereocenters. The molecule has 2 heterocycles. The lowest BCUT2D eigenvalue weighted by molar-refractivity contribution is 0.0526. The molecule has 9 heteroatoms. The van der Waals surface area contributed by atoms with E-state index >= 15 is 0 Å². The lowest BCUT2D eigenvalue weighted by Gasteiger charge is -2.06. The molecule has 0 amide bonds. The molecule has 1 N–H and O–H groups in total. The van der Waals surface area contributed by atoms with Crippen LogP contribution >= 0.6 is 0 Å². The van der Waals surface area contributed by atoms with Gasteiger partial charge in [-0.2, -0.15) is 20.1 Å². The Bertz CT molecular complexity index is 627. The van der Waals surface area contributed by atoms with E-state index < -0.39 is 5.97 Å². The molecule has 0 fully saturated rings. The molecule has 2 aromatic heterocycles. The zero-order valence-corrected chi connectivity index (χ0v) is 12.0. The summed E-state index contributed by atoms with van der Waals surface area (Å²) in [6.45, 7) is 4.61. The average Bonchev–Trinajstić information content (AvgIpc) is 2.97. The number of carbonyl (C=O) groups is 1. The van der Waals surface area contributed by atoms with Crippen molar-refractivity contribution in [3.05, 3.63) is 18.0 Å². The second-order valence-corrected chi connectivity index (χ2v) is 3.87. The molecule has 0 unspecified atom stereocenters. The number of aromatic nitrogens is 5. The molecular weight excluding hydrogens is 276 g/mol. The molecule has 0 aromatic carbocycles. The van der Waals surface area contributed by atoms with Crippen molar-refractivity contribution in [2.45, 2.75) is 13.8 Å². The molecule has 0 saturated heterocycles. The van der Waals surface area contributed by atoms with Gasteiger partial charge in [0, 0.05) is 12.7 Å². The fourth-order valence-electron chi connectivity index (χ4n) is 1.53. The predicted molar refractivity (Wildman–Crippen MR) is 73.6 cm³/mol. The van der Waals surface area contributed by atoms with Gasteiger partial charge in [-0.25, -0.2) is 9.48 Å². The van der Waals surface area contributed by atoms with E-state index in [1.807, 2.05) is 6.92 Å². The third kappa shape index (κ3) is 3.44. The van der Waals surface area contributed by atoms with Crippen LogP contribution in [0.2, 0.25) is 0 Å². The van der Waals surface area contributed by atoms with Gasteiger partial charge in [0.15, 0.2) is 0 Å². The molecule has 2 rings (SSSR count). The Morgan fingerprint density at radius 3 is 2.81 bits per heavy atom. The summed E-state index contributed by atoms with van der Waals surface area (Å²) in [5.41, 5.74) is 0.321. The van der Waals surface area contributed by atoms with Crippen LogP contribution < -0.4 is 10.1 Å². The quantitative estimate of drug-likeness (QED) is 0.775. The highest BCUT2D eigenvalue weighted by Gasteiger charge is 2.13. The molecule has 0 aliphatic carbocycles. The molecule has 0 bridgehead atoms. The van der Waals surface area contributed by atoms with Crippen molar-refractivity contribution in [3.63, 3.8) is 0 Å². The first-order valence-electron chi connectivity index (χ1n) is 6.44. The summed E-state index contributed by atoms with van der Waals surface area (Å²) in [6, 6.07) is 0.157. The van der Waals surface area contributed by atoms with Gasteiger partial charge in [-0.3, -0.25) is 0 Å². The number of esters is 1. The van der Waals surface area contributed by atoms with Crippen molar-refractivity contribution in [1.82, 2.24) is 24.7 Å². The van der Waals surface area contributed by atoms with Crippen LogP contribution in [0.3, 0.4) is 0 Å². The maximum Gasteiger partial charge on any atom is 0.341 e. The van der Waals surface area contributed by atoms with Crippen LogP contribution in [0, 0.1) is 0 Å². The third-order valence-corrected chi connectivity index (χ3v) is 2.42. The van der Waals surface area contributed by atoms with Crippen LogP contribution in [0.5, 0.6) is 6.01 Å². The van der Waals surface area contributed by atoms with Crippen molar-refractivity contribution < 1.29 is 14.3 Å². The highest BCUT2D eigenvalue weighted by molar-refractivity contribution is 5.88. The number of nitrogens with one attached hydrogen (secondary N) is 1. The minimum absolute atomic E-state index is 0.157. The van der Waals surface area contributed by atoms with E-state index in [4.69, 9.17) is 9.47 Å². The first kappa shape index (κ1) is 14.7. The van der Waals surface area contributed by atoms with E-state index in [1.165, 1.54) is 24.2 Å². The van der Waals surface area contributed by atoms with Crippen LogP contribution in [0.1, 0.15) is 24.2 Å². The van der Waals surface area contributed by atoms with Crippen LogP contribution in [0.15, 0.2) is 12.4 Å². The Morgan fingerprint density at radius 2 is 2.14 bits per heavy atom. The number of anilines is 1. The molecule has 2 aromatic rings.